The molecule has 0 aliphatic rings. The molecule has 310 valence electrons. The summed E-state index contributed by atoms with van der Waals surface area (Å²) in [5, 5.41) is 18.3. The third-order valence-corrected chi connectivity index (χ3v) is 9.82. The minimum absolute atomic E-state index is 0.162. The van der Waals surface area contributed by atoms with Crippen molar-refractivity contribution in [2.45, 2.75) is 193 Å². The number of aliphatic hydroxyl groups excluding tert-OH is 2. The molecule has 0 rings (SSSR count). The van der Waals surface area contributed by atoms with E-state index in [1.54, 1.807) is 0 Å². The van der Waals surface area contributed by atoms with Crippen LogP contribution in [0.4, 0.5) is 0 Å². The Hall–Kier alpha value is -1.81. The summed E-state index contributed by atoms with van der Waals surface area (Å²) < 4.78 is 32.6. The average molecular weight is 773 g/mol. The summed E-state index contributed by atoms with van der Waals surface area (Å²) in [6.45, 7) is 2.23. The van der Waals surface area contributed by atoms with E-state index in [2.05, 4.69) is 36.6 Å². The number of esters is 2. The molecule has 0 saturated carbocycles. The number of ether oxygens (including phenoxy) is 2. The van der Waals surface area contributed by atoms with Gasteiger partial charge in [-0.2, -0.15) is 0 Å². The molecule has 0 amide bonds. The summed E-state index contributed by atoms with van der Waals surface area (Å²) in [6, 6.07) is 0. The van der Waals surface area contributed by atoms with Crippen LogP contribution in [-0.2, 0) is 32.7 Å². The van der Waals surface area contributed by atoms with Gasteiger partial charge < -0.3 is 24.6 Å². The van der Waals surface area contributed by atoms with Crippen molar-refractivity contribution < 1.29 is 47.8 Å². The van der Waals surface area contributed by atoms with Gasteiger partial charge in [-0.05, 0) is 32.1 Å². The van der Waals surface area contributed by atoms with Gasteiger partial charge in [0.15, 0.2) is 6.10 Å². The molecule has 0 spiro atoms. The second-order valence-corrected chi connectivity index (χ2v) is 15.5. The Bertz CT molecular complexity index is 983. The van der Waals surface area contributed by atoms with Crippen molar-refractivity contribution in [3.8, 4) is 0 Å². The second kappa shape index (κ2) is 38.5. The third-order valence-electron chi connectivity index (χ3n) is 8.87. The van der Waals surface area contributed by atoms with Gasteiger partial charge in [0.25, 0.3) is 0 Å². The number of carbonyl (C=O) groups excluding carboxylic acids is 2. The molecule has 0 saturated heterocycles. The van der Waals surface area contributed by atoms with Gasteiger partial charge in [-0.25, -0.2) is 4.57 Å². The Balaban J connectivity index is 4.29. The quantitative estimate of drug-likeness (QED) is 0.0238. The lowest BCUT2D eigenvalue weighted by Crippen LogP contribution is -2.29. The maximum atomic E-state index is 12.6. The van der Waals surface area contributed by atoms with Gasteiger partial charge in [0, 0.05) is 12.8 Å². The highest BCUT2D eigenvalue weighted by Crippen LogP contribution is 2.43. The van der Waals surface area contributed by atoms with Crippen LogP contribution in [0.15, 0.2) is 36.5 Å². The van der Waals surface area contributed by atoms with Crippen molar-refractivity contribution in [1.29, 1.82) is 0 Å². The minimum atomic E-state index is -4.62. The molecule has 0 aromatic heterocycles. The van der Waals surface area contributed by atoms with E-state index in [-0.39, 0.29) is 19.4 Å². The van der Waals surface area contributed by atoms with Gasteiger partial charge in [-0.3, -0.25) is 18.6 Å². The van der Waals surface area contributed by atoms with Crippen LogP contribution in [0.2, 0.25) is 0 Å². The molecule has 10 nitrogen and oxygen atoms in total. The Morgan fingerprint density at radius 3 is 1.55 bits per heavy atom. The van der Waals surface area contributed by atoms with Crippen LogP contribution in [0, 0.1) is 0 Å². The van der Waals surface area contributed by atoms with E-state index in [0.29, 0.717) is 12.8 Å². The molecule has 3 N–H and O–H groups in total. The molecule has 11 heteroatoms. The van der Waals surface area contributed by atoms with Crippen molar-refractivity contribution in [1.82, 2.24) is 0 Å². The van der Waals surface area contributed by atoms with Crippen molar-refractivity contribution in [2.24, 2.45) is 0 Å². The number of phosphoric acid groups is 1. The van der Waals surface area contributed by atoms with Gasteiger partial charge in [0.05, 0.1) is 19.8 Å². The molecule has 0 fully saturated rings. The van der Waals surface area contributed by atoms with Crippen LogP contribution in [0.5, 0.6) is 0 Å². The molecule has 0 radical (unpaired) electrons. The molecule has 0 aliphatic heterocycles. The number of rotatable bonds is 39. The third kappa shape index (κ3) is 38.3. The average Bonchev–Trinajstić information content (AvgIpc) is 3.14. The van der Waals surface area contributed by atoms with Gasteiger partial charge in [0.2, 0.25) is 0 Å². The minimum Gasteiger partial charge on any atom is -0.462 e. The van der Waals surface area contributed by atoms with Gasteiger partial charge in [-0.1, -0.05) is 172 Å². The zero-order valence-corrected chi connectivity index (χ0v) is 34.4. The molecule has 0 aromatic carbocycles. The molecule has 53 heavy (non-hydrogen) atoms. The number of hydrogen-bond acceptors (Lipinski definition) is 9. The standard InChI is InChI=1S/C42H77O10P/c1-3-5-7-9-11-13-15-17-18-19-20-22-23-25-27-29-31-33-41(45)49-37-40(38-51-53(47,48)50-36-39(44)35-43)52-42(46)34-32-30-28-26-24-21-16-14-12-10-8-6-4-2/h6,8,10,12,14,16,39-40,43-44H,3-5,7,9,11,13,15,17-38H2,1-2H3,(H,47,48)/b8-6+,12-10+,16-14+/t39-,40?/m0/s1. The zero-order valence-electron chi connectivity index (χ0n) is 33.5. The molecule has 2 unspecified atom stereocenters. The van der Waals surface area contributed by atoms with Crippen LogP contribution in [0.1, 0.15) is 181 Å². The fraction of sp³-hybridized carbons (Fsp3) is 0.810. The van der Waals surface area contributed by atoms with Gasteiger partial charge in [-0.15, -0.1) is 0 Å². The predicted molar refractivity (Wildman–Crippen MR) is 214 cm³/mol. The molecule has 0 aromatic rings. The fourth-order valence-corrected chi connectivity index (χ4v) is 6.43. The van der Waals surface area contributed by atoms with Crippen LogP contribution < -0.4 is 0 Å². The summed E-state index contributed by atoms with van der Waals surface area (Å²) in [4.78, 5) is 34.9. The topological polar surface area (TPSA) is 149 Å². The van der Waals surface area contributed by atoms with E-state index < -0.39 is 51.8 Å². The molecule has 0 bridgehead atoms. The smallest absolute Gasteiger partial charge is 0.462 e. The van der Waals surface area contributed by atoms with Crippen LogP contribution in [0.3, 0.4) is 0 Å². The maximum Gasteiger partial charge on any atom is 0.472 e. The lowest BCUT2D eigenvalue weighted by atomic mass is 10.0. The van der Waals surface area contributed by atoms with E-state index in [0.717, 1.165) is 57.8 Å². The van der Waals surface area contributed by atoms with Crippen LogP contribution in [-0.4, -0.2) is 65.7 Å². The van der Waals surface area contributed by atoms with Crippen molar-refractivity contribution in [3.05, 3.63) is 36.5 Å². The van der Waals surface area contributed by atoms with E-state index in [1.807, 2.05) is 18.2 Å². The highest BCUT2D eigenvalue weighted by Gasteiger charge is 2.27. The monoisotopic (exact) mass is 773 g/mol. The summed E-state index contributed by atoms with van der Waals surface area (Å²) in [5.74, 6) is -0.945. The Labute approximate surface area is 322 Å². The fourth-order valence-electron chi connectivity index (χ4n) is 5.64. The Morgan fingerprint density at radius 1 is 0.585 bits per heavy atom. The number of unbranched alkanes of at least 4 members (excludes halogenated alkanes) is 21. The largest absolute Gasteiger partial charge is 0.472 e. The molecular formula is C42H77O10P. The van der Waals surface area contributed by atoms with Crippen LogP contribution >= 0.6 is 7.82 Å². The molecule has 0 heterocycles. The Morgan fingerprint density at radius 2 is 1.04 bits per heavy atom. The summed E-state index contributed by atoms with van der Waals surface area (Å²) >= 11 is 0. The lowest BCUT2D eigenvalue weighted by Gasteiger charge is -2.20. The Kier molecular flexibility index (Phi) is 37.2. The maximum absolute atomic E-state index is 12.6. The first-order chi connectivity index (χ1) is 25.7. The van der Waals surface area contributed by atoms with Gasteiger partial charge >= 0.3 is 19.8 Å². The van der Waals surface area contributed by atoms with E-state index >= 15 is 0 Å². The van der Waals surface area contributed by atoms with Gasteiger partial charge in [0.1, 0.15) is 12.7 Å². The van der Waals surface area contributed by atoms with Crippen molar-refractivity contribution in [2.75, 3.05) is 26.4 Å². The first-order valence-electron chi connectivity index (χ1n) is 21.0. The highest BCUT2D eigenvalue weighted by atomic mass is 31.2. The number of hydrogen-bond donors (Lipinski definition) is 3. The highest BCUT2D eigenvalue weighted by molar-refractivity contribution is 7.47. The number of carbonyl (C=O) groups is 2. The molecular weight excluding hydrogens is 695 g/mol. The van der Waals surface area contributed by atoms with Crippen molar-refractivity contribution in [3.63, 3.8) is 0 Å². The first kappa shape index (κ1) is 51.2. The molecule has 0 aliphatic carbocycles. The van der Waals surface area contributed by atoms with Crippen molar-refractivity contribution >= 4 is 19.8 Å². The summed E-state index contributed by atoms with van der Waals surface area (Å²) in [5.41, 5.74) is 0. The molecule has 3 atom stereocenters. The predicted octanol–water partition coefficient (Wildman–Crippen LogP) is 10.8. The van der Waals surface area contributed by atoms with E-state index in [1.165, 1.54) is 83.5 Å². The SMILES string of the molecule is CC/C=C/C=C/C=C/CCCCCCCC(=O)OC(COC(=O)CCCCCCCCCCCCCCCCCCC)COP(=O)(O)OC[C@@H](O)CO. The zero-order chi connectivity index (χ0) is 39.1. The van der Waals surface area contributed by atoms with E-state index in [4.69, 9.17) is 19.1 Å². The summed E-state index contributed by atoms with van der Waals surface area (Å²) in [7, 11) is -4.62. The lowest BCUT2D eigenvalue weighted by molar-refractivity contribution is -0.161. The number of phosphoric ester groups is 1. The summed E-state index contributed by atoms with van der Waals surface area (Å²) in [6.07, 6.45) is 38.3. The number of allylic oxidation sites excluding steroid dienone is 6. The normalized spacial score (nSPS) is 14.3. The second-order valence-electron chi connectivity index (χ2n) is 14.1. The first-order valence-corrected chi connectivity index (χ1v) is 22.5. The number of aliphatic hydroxyl groups is 2. The van der Waals surface area contributed by atoms with E-state index in [9.17, 15) is 24.2 Å². The van der Waals surface area contributed by atoms with Crippen LogP contribution in [0.25, 0.3) is 0 Å².